The van der Waals surface area contributed by atoms with Crippen molar-refractivity contribution in [1.82, 2.24) is 9.97 Å². The molecule has 2 heterocycles. The average Bonchev–Trinajstić information content (AvgIpc) is 3.29. The minimum absolute atomic E-state index is 0.752. The summed E-state index contributed by atoms with van der Waals surface area (Å²) in [6.07, 6.45) is 3.58. The van der Waals surface area contributed by atoms with Gasteiger partial charge in [0, 0.05) is 25.1 Å². The Morgan fingerprint density at radius 1 is 0.929 bits per heavy atom. The standard InChI is InChI=1S/C22H17ClN2S3/c23-14-9-11-15(12-10-14)26-13-19-24-21(27-16-5-2-1-3-6-16)20-17-7-4-8-18(17)28-22(20)25-19/h1-3,5-6,9-12H,4,7-8,13H2. The van der Waals surface area contributed by atoms with E-state index in [1.54, 1.807) is 23.5 Å². The fraction of sp³-hybridized carbons (Fsp3) is 0.182. The van der Waals surface area contributed by atoms with Crippen molar-refractivity contribution in [1.29, 1.82) is 0 Å². The first-order valence-electron chi connectivity index (χ1n) is 9.19. The number of fused-ring (bicyclic) bond motifs is 3. The van der Waals surface area contributed by atoms with Crippen molar-refractivity contribution >= 4 is 56.7 Å². The number of halogens is 1. The molecule has 0 saturated heterocycles. The Morgan fingerprint density at radius 3 is 2.57 bits per heavy atom. The highest BCUT2D eigenvalue weighted by atomic mass is 35.5. The molecule has 1 aliphatic rings. The first-order valence-corrected chi connectivity index (χ1v) is 12.2. The molecule has 0 radical (unpaired) electrons. The molecule has 5 rings (SSSR count). The molecular weight excluding hydrogens is 424 g/mol. The molecule has 0 N–H and O–H groups in total. The molecule has 6 heteroatoms. The van der Waals surface area contributed by atoms with Gasteiger partial charge in [-0.05, 0) is 61.2 Å². The molecule has 0 spiro atoms. The third-order valence-electron chi connectivity index (χ3n) is 4.72. The third kappa shape index (κ3) is 3.81. The largest absolute Gasteiger partial charge is 0.225 e. The van der Waals surface area contributed by atoms with Gasteiger partial charge in [0.15, 0.2) is 0 Å². The lowest BCUT2D eigenvalue weighted by Gasteiger charge is -2.08. The van der Waals surface area contributed by atoms with Crippen LogP contribution in [0.4, 0.5) is 0 Å². The lowest BCUT2D eigenvalue weighted by Crippen LogP contribution is -1.96. The van der Waals surface area contributed by atoms with Crippen LogP contribution in [0.25, 0.3) is 10.2 Å². The van der Waals surface area contributed by atoms with Crippen LogP contribution < -0.4 is 0 Å². The van der Waals surface area contributed by atoms with Gasteiger partial charge in [-0.15, -0.1) is 23.1 Å². The van der Waals surface area contributed by atoms with E-state index in [1.165, 1.54) is 38.5 Å². The predicted octanol–water partition coefficient (Wildman–Crippen LogP) is 7.28. The van der Waals surface area contributed by atoms with Crippen LogP contribution in [0.2, 0.25) is 5.02 Å². The molecule has 2 aromatic heterocycles. The van der Waals surface area contributed by atoms with E-state index in [2.05, 4.69) is 30.3 Å². The van der Waals surface area contributed by atoms with Gasteiger partial charge in [0.25, 0.3) is 0 Å². The summed E-state index contributed by atoms with van der Waals surface area (Å²) in [4.78, 5) is 15.0. The zero-order valence-electron chi connectivity index (χ0n) is 15.0. The van der Waals surface area contributed by atoms with E-state index >= 15 is 0 Å². The molecule has 0 bridgehead atoms. The molecule has 0 aliphatic heterocycles. The monoisotopic (exact) mass is 440 g/mol. The van der Waals surface area contributed by atoms with Crippen LogP contribution in [0, 0.1) is 0 Å². The Labute approximate surface area is 181 Å². The van der Waals surface area contributed by atoms with Crippen LogP contribution in [-0.2, 0) is 18.6 Å². The Morgan fingerprint density at radius 2 is 1.75 bits per heavy atom. The van der Waals surface area contributed by atoms with Crippen molar-refractivity contribution in [2.24, 2.45) is 0 Å². The van der Waals surface area contributed by atoms with Crippen molar-refractivity contribution in [3.63, 3.8) is 0 Å². The second-order valence-corrected chi connectivity index (χ2v) is 10.3. The zero-order valence-corrected chi connectivity index (χ0v) is 18.2. The van der Waals surface area contributed by atoms with Crippen LogP contribution in [0.3, 0.4) is 0 Å². The number of thiophene rings is 1. The molecule has 0 amide bonds. The maximum atomic E-state index is 5.99. The van der Waals surface area contributed by atoms with E-state index < -0.39 is 0 Å². The van der Waals surface area contributed by atoms with Gasteiger partial charge in [-0.1, -0.05) is 41.6 Å². The Bertz CT molecular complexity index is 1120. The SMILES string of the molecule is Clc1ccc(SCc2nc(Sc3ccccc3)c3c4c(sc3n2)CCC4)cc1. The van der Waals surface area contributed by atoms with E-state index in [1.807, 2.05) is 35.6 Å². The van der Waals surface area contributed by atoms with Crippen molar-refractivity contribution in [2.75, 3.05) is 0 Å². The average molecular weight is 441 g/mol. The van der Waals surface area contributed by atoms with Gasteiger partial charge in [0.1, 0.15) is 15.7 Å². The summed E-state index contributed by atoms with van der Waals surface area (Å²) in [7, 11) is 0. The maximum absolute atomic E-state index is 5.99. The third-order valence-corrected chi connectivity index (χ3v) is 8.16. The molecule has 28 heavy (non-hydrogen) atoms. The summed E-state index contributed by atoms with van der Waals surface area (Å²) in [6, 6.07) is 18.4. The van der Waals surface area contributed by atoms with Crippen molar-refractivity contribution in [2.45, 2.75) is 39.8 Å². The van der Waals surface area contributed by atoms with Gasteiger partial charge >= 0.3 is 0 Å². The first kappa shape index (κ1) is 18.5. The molecule has 1 aliphatic carbocycles. The van der Waals surface area contributed by atoms with E-state index in [-0.39, 0.29) is 0 Å². The van der Waals surface area contributed by atoms with Crippen molar-refractivity contribution in [3.05, 3.63) is 75.9 Å². The number of nitrogens with zero attached hydrogens (tertiary/aromatic N) is 2. The van der Waals surface area contributed by atoms with Gasteiger partial charge in [0.2, 0.25) is 0 Å². The lowest BCUT2D eigenvalue weighted by atomic mass is 10.2. The maximum Gasteiger partial charge on any atom is 0.141 e. The van der Waals surface area contributed by atoms with Gasteiger partial charge in [-0.3, -0.25) is 0 Å². The van der Waals surface area contributed by atoms with Crippen LogP contribution in [0.5, 0.6) is 0 Å². The Balaban J connectivity index is 1.50. The topological polar surface area (TPSA) is 25.8 Å². The van der Waals surface area contributed by atoms with Gasteiger partial charge in [-0.2, -0.15) is 0 Å². The van der Waals surface area contributed by atoms with Crippen LogP contribution in [-0.4, -0.2) is 9.97 Å². The van der Waals surface area contributed by atoms with E-state index in [4.69, 9.17) is 21.6 Å². The number of benzene rings is 2. The second-order valence-electron chi connectivity index (χ2n) is 6.64. The predicted molar refractivity (Wildman–Crippen MR) is 121 cm³/mol. The number of thioether (sulfide) groups is 1. The van der Waals surface area contributed by atoms with Crippen molar-refractivity contribution < 1.29 is 0 Å². The van der Waals surface area contributed by atoms with Crippen LogP contribution in [0.1, 0.15) is 22.7 Å². The number of hydrogen-bond acceptors (Lipinski definition) is 5. The molecule has 2 nitrogen and oxygen atoms in total. The summed E-state index contributed by atoms with van der Waals surface area (Å²) in [5, 5.41) is 3.14. The number of aryl methyl sites for hydroxylation is 2. The summed E-state index contributed by atoms with van der Waals surface area (Å²) in [5.41, 5.74) is 1.48. The molecule has 0 unspecified atom stereocenters. The molecule has 0 atom stereocenters. The second kappa shape index (κ2) is 8.07. The molecule has 2 aromatic carbocycles. The van der Waals surface area contributed by atoms with Gasteiger partial charge in [0.05, 0.1) is 5.75 Å². The summed E-state index contributed by atoms with van der Waals surface area (Å²) in [5.74, 6) is 1.65. The minimum atomic E-state index is 0.752. The summed E-state index contributed by atoms with van der Waals surface area (Å²) < 4.78 is 0. The first-order chi connectivity index (χ1) is 13.8. The molecule has 0 fully saturated rings. The number of aromatic nitrogens is 2. The Hall–Kier alpha value is -1.53. The van der Waals surface area contributed by atoms with E-state index in [0.717, 1.165) is 32.9 Å². The summed E-state index contributed by atoms with van der Waals surface area (Å²) in [6.45, 7) is 0. The smallest absolute Gasteiger partial charge is 0.141 e. The summed E-state index contributed by atoms with van der Waals surface area (Å²) >= 11 is 11.4. The highest BCUT2D eigenvalue weighted by molar-refractivity contribution is 7.99. The van der Waals surface area contributed by atoms with E-state index in [0.29, 0.717) is 0 Å². The van der Waals surface area contributed by atoms with E-state index in [9.17, 15) is 0 Å². The number of hydrogen-bond donors (Lipinski definition) is 0. The normalized spacial score (nSPS) is 13.2. The molecule has 140 valence electrons. The number of rotatable bonds is 5. The molecule has 4 aromatic rings. The van der Waals surface area contributed by atoms with Gasteiger partial charge < -0.3 is 0 Å². The fourth-order valence-electron chi connectivity index (χ4n) is 3.42. The lowest BCUT2D eigenvalue weighted by molar-refractivity contribution is 0.913. The minimum Gasteiger partial charge on any atom is -0.225 e. The van der Waals surface area contributed by atoms with Crippen LogP contribution in [0.15, 0.2) is 69.4 Å². The molecular formula is C22H17ClN2S3. The van der Waals surface area contributed by atoms with Gasteiger partial charge in [-0.25, -0.2) is 9.97 Å². The molecule has 0 saturated carbocycles. The van der Waals surface area contributed by atoms with Crippen molar-refractivity contribution in [3.8, 4) is 0 Å². The highest BCUT2D eigenvalue weighted by Gasteiger charge is 2.22. The quantitative estimate of drug-likeness (QED) is 0.240. The Kier molecular flexibility index (Phi) is 5.33. The highest BCUT2D eigenvalue weighted by Crippen LogP contribution is 2.42. The fourth-order valence-corrected chi connectivity index (χ4v) is 6.64. The van der Waals surface area contributed by atoms with Crippen LogP contribution >= 0.6 is 46.5 Å². The zero-order chi connectivity index (χ0) is 18.9.